The molecule has 0 radical (unpaired) electrons. The van der Waals surface area contributed by atoms with Crippen molar-refractivity contribution in [2.75, 3.05) is 13.2 Å². The van der Waals surface area contributed by atoms with Crippen molar-refractivity contribution < 1.29 is 14.3 Å². The SMILES string of the molecule is CCCCCCCCCCOC(C)(S)CCOC(C)=O. The van der Waals surface area contributed by atoms with Gasteiger partial charge in [0.05, 0.1) is 6.61 Å². The highest BCUT2D eigenvalue weighted by Gasteiger charge is 2.19. The Kier molecular flexibility index (Phi) is 12.4. The van der Waals surface area contributed by atoms with Gasteiger partial charge < -0.3 is 9.47 Å². The largest absolute Gasteiger partial charge is 0.466 e. The first-order valence-corrected chi connectivity index (χ1v) is 8.42. The lowest BCUT2D eigenvalue weighted by molar-refractivity contribution is -0.142. The van der Waals surface area contributed by atoms with E-state index in [2.05, 4.69) is 19.6 Å². The molecule has 0 bridgehead atoms. The minimum Gasteiger partial charge on any atom is -0.466 e. The Bertz CT molecular complexity index is 242. The van der Waals surface area contributed by atoms with E-state index < -0.39 is 4.93 Å². The van der Waals surface area contributed by atoms with E-state index >= 15 is 0 Å². The van der Waals surface area contributed by atoms with Crippen molar-refractivity contribution in [3.63, 3.8) is 0 Å². The summed E-state index contributed by atoms with van der Waals surface area (Å²) in [6.45, 7) is 6.68. The van der Waals surface area contributed by atoms with Crippen LogP contribution in [0.1, 0.15) is 78.6 Å². The van der Waals surface area contributed by atoms with E-state index in [1.165, 1.54) is 51.9 Å². The van der Waals surface area contributed by atoms with Gasteiger partial charge in [0.2, 0.25) is 0 Å². The van der Waals surface area contributed by atoms with Crippen molar-refractivity contribution in [2.45, 2.75) is 83.5 Å². The van der Waals surface area contributed by atoms with Crippen LogP contribution in [0.4, 0.5) is 0 Å². The number of carbonyl (C=O) groups excluding carboxylic acids is 1. The van der Waals surface area contributed by atoms with Crippen molar-refractivity contribution in [3.8, 4) is 0 Å². The number of hydrogen-bond acceptors (Lipinski definition) is 4. The molecule has 0 amide bonds. The third-order valence-corrected chi connectivity index (χ3v) is 3.63. The number of rotatable bonds is 13. The molecule has 20 heavy (non-hydrogen) atoms. The van der Waals surface area contributed by atoms with Crippen LogP contribution in [0.2, 0.25) is 0 Å². The highest BCUT2D eigenvalue weighted by molar-refractivity contribution is 7.81. The minimum atomic E-state index is -0.503. The zero-order valence-corrected chi connectivity index (χ0v) is 14.3. The summed E-state index contributed by atoms with van der Waals surface area (Å²) in [5, 5.41) is 0. The van der Waals surface area contributed by atoms with Crippen molar-refractivity contribution in [1.29, 1.82) is 0 Å². The van der Waals surface area contributed by atoms with Gasteiger partial charge in [0.15, 0.2) is 0 Å². The predicted octanol–water partition coefficient (Wildman–Crippen LogP) is 4.74. The monoisotopic (exact) mass is 304 g/mol. The quantitative estimate of drug-likeness (QED) is 0.231. The Labute approximate surface area is 130 Å². The van der Waals surface area contributed by atoms with Crippen molar-refractivity contribution in [2.24, 2.45) is 0 Å². The zero-order valence-electron chi connectivity index (χ0n) is 13.5. The summed E-state index contributed by atoms with van der Waals surface area (Å²) in [6.07, 6.45) is 11.0. The van der Waals surface area contributed by atoms with Crippen LogP contribution in [-0.4, -0.2) is 24.1 Å². The van der Waals surface area contributed by atoms with E-state index in [0.29, 0.717) is 13.0 Å². The number of ether oxygens (including phenoxy) is 2. The summed E-state index contributed by atoms with van der Waals surface area (Å²) in [6, 6.07) is 0. The van der Waals surface area contributed by atoms with Crippen molar-refractivity contribution in [3.05, 3.63) is 0 Å². The summed E-state index contributed by atoms with van der Waals surface area (Å²) in [4.78, 5) is 10.2. The predicted molar refractivity (Wildman–Crippen MR) is 87.2 cm³/mol. The van der Waals surface area contributed by atoms with Gasteiger partial charge in [0.1, 0.15) is 4.93 Å². The first-order chi connectivity index (χ1) is 9.48. The van der Waals surface area contributed by atoms with E-state index in [1.807, 2.05) is 6.92 Å². The first kappa shape index (κ1) is 19.8. The van der Waals surface area contributed by atoms with Gasteiger partial charge in [-0.1, -0.05) is 51.9 Å². The summed E-state index contributed by atoms with van der Waals surface area (Å²) in [5.41, 5.74) is 0. The molecule has 0 fully saturated rings. The van der Waals surface area contributed by atoms with Gasteiger partial charge in [-0.15, -0.1) is 12.6 Å². The van der Waals surface area contributed by atoms with Gasteiger partial charge in [0, 0.05) is 20.0 Å². The van der Waals surface area contributed by atoms with Gasteiger partial charge in [-0.05, 0) is 13.3 Å². The average Bonchev–Trinajstić information content (AvgIpc) is 2.36. The molecule has 4 heteroatoms. The summed E-state index contributed by atoms with van der Waals surface area (Å²) in [5.74, 6) is -0.253. The number of carbonyl (C=O) groups is 1. The van der Waals surface area contributed by atoms with Crippen LogP contribution in [0.3, 0.4) is 0 Å². The second-order valence-corrected chi connectivity index (χ2v) is 6.53. The Morgan fingerprint density at radius 2 is 1.55 bits per heavy atom. The van der Waals surface area contributed by atoms with Crippen molar-refractivity contribution in [1.82, 2.24) is 0 Å². The van der Waals surface area contributed by atoms with Crippen LogP contribution < -0.4 is 0 Å². The van der Waals surface area contributed by atoms with E-state index in [9.17, 15) is 4.79 Å². The Hall–Kier alpha value is -0.220. The fraction of sp³-hybridized carbons (Fsp3) is 0.938. The normalized spacial score (nSPS) is 14.0. The van der Waals surface area contributed by atoms with Crippen molar-refractivity contribution >= 4 is 18.6 Å². The molecule has 120 valence electrons. The van der Waals surface area contributed by atoms with Crippen LogP contribution >= 0.6 is 12.6 Å². The lowest BCUT2D eigenvalue weighted by atomic mass is 10.1. The first-order valence-electron chi connectivity index (χ1n) is 7.97. The number of esters is 1. The maximum Gasteiger partial charge on any atom is 0.302 e. The molecule has 0 rings (SSSR count). The van der Waals surface area contributed by atoms with E-state index in [-0.39, 0.29) is 5.97 Å². The standard InChI is InChI=1S/C16H32O3S/c1-4-5-6-7-8-9-10-11-13-19-16(3,20)12-14-18-15(2)17/h20H,4-14H2,1-3H3. The van der Waals surface area contributed by atoms with Gasteiger partial charge in [-0.3, -0.25) is 4.79 Å². The molecule has 0 saturated carbocycles. The molecule has 0 aliphatic rings. The lowest BCUT2D eigenvalue weighted by Gasteiger charge is -2.24. The fourth-order valence-electron chi connectivity index (χ4n) is 1.98. The average molecular weight is 304 g/mol. The molecule has 0 aromatic carbocycles. The molecular formula is C16H32O3S. The number of hydrogen-bond donors (Lipinski definition) is 1. The van der Waals surface area contributed by atoms with Gasteiger partial charge in [0.25, 0.3) is 0 Å². The molecule has 0 N–H and O–H groups in total. The molecular weight excluding hydrogens is 272 g/mol. The second-order valence-electron chi connectivity index (χ2n) is 5.59. The molecule has 0 aromatic rings. The molecule has 0 saturated heterocycles. The molecule has 1 atom stereocenters. The van der Waals surface area contributed by atoms with Gasteiger partial charge >= 0.3 is 5.97 Å². The fourth-order valence-corrected chi connectivity index (χ4v) is 2.17. The summed E-state index contributed by atoms with van der Waals surface area (Å²) >= 11 is 4.46. The maximum absolute atomic E-state index is 10.7. The molecule has 3 nitrogen and oxygen atoms in total. The summed E-state index contributed by atoms with van der Waals surface area (Å²) < 4.78 is 10.6. The highest BCUT2D eigenvalue weighted by Crippen LogP contribution is 2.21. The smallest absolute Gasteiger partial charge is 0.302 e. The molecule has 0 aromatic heterocycles. The zero-order chi connectivity index (χ0) is 15.3. The maximum atomic E-state index is 10.7. The Morgan fingerprint density at radius 3 is 2.10 bits per heavy atom. The van der Waals surface area contributed by atoms with E-state index in [1.54, 1.807) is 0 Å². The van der Waals surface area contributed by atoms with Crippen LogP contribution in [0.15, 0.2) is 0 Å². The second kappa shape index (κ2) is 12.5. The summed E-state index contributed by atoms with van der Waals surface area (Å²) in [7, 11) is 0. The molecule has 0 aliphatic heterocycles. The minimum absolute atomic E-state index is 0.253. The number of unbranched alkanes of at least 4 members (excludes halogenated alkanes) is 7. The Balaban J connectivity index is 3.37. The van der Waals surface area contributed by atoms with Crippen LogP contribution in [0.25, 0.3) is 0 Å². The lowest BCUT2D eigenvalue weighted by Crippen LogP contribution is -2.24. The Morgan fingerprint density at radius 1 is 1.00 bits per heavy atom. The van der Waals surface area contributed by atoms with Crippen LogP contribution in [0.5, 0.6) is 0 Å². The van der Waals surface area contributed by atoms with E-state index in [0.717, 1.165) is 13.0 Å². The third-order valence-electron chi connectivity index (χ3n) is 3.28. The molecule has 0 heterocycles. The molecule has 0 aliphatic carbocycles. The van der Waals surface area contributed by atoms with Gasteiger partial charge in [-0.25, -0.2) is 0 Å². The number of thiol groups is 1. The molecule has 0 spiro atoms. The molecule has 1 unspecified atom stereocenters. The third kappa shape index (κ3) is 14.2. The topological polar surface area (TPSA) is 35.5 Å². The van der Waals surface area contributed by atoms with E-state index in [4.69, 9.17) is 9.47 Å². The van der Waals surface area contributed by atoms with Gasteiger partial charge in [-0.2, -0.15) is 0 Å². The van der Waals surface area contributed by atoms with Crippen LogP contribution in [0, 0.1) is 0 Å². The highest BCUT2D eigenvalue weighted by atomic mass is 32.1. The van der Waals surface area contributed by atoms with Crippen LogP contribution in [-0.2, 0) is 14.3 Å².